The number of aliphatic hydroxyl groups excluding tert-OH is 1. The quantitative estimate of drug-likeness (QED) is 0.456. The molecule has 0 saturated carbocycles. The van der Waals surface area contributed by atoms with Gasteiger partial charge >= 0.3 is 18.0 Å². The van der Waals surface area contributed by atoms with Gasteiger partial charge in [-0.2, -0.15) is 0 Å². The molecule has 0 aliphatic heterocycles. The number of carboxylic acids is 1. The number of hydrogen-bond donors (Lipinski definition) is 4. The van der Waals surface area contributed by atoms with Crippen LogP contribution in [0.3, 0.4) is 0 Å². The Morgan fingerprint density at radius 2 is 1.81 bits per heavy atom. The molecule has 2 amide bonds. The summed E-state index contributed by atoms with van der Waals surface area (Å²) in [4.78, 5) is 37.3. The highest BCUT2D eigenvalue weighted by molar-refractivity contribution is 5.95. The minimum Gasteiger partial charge on any atom is -0.479 e. The van der Waals surface area contributed by atoms with E-state index < -0.39 is 36.0 Å². The van der Waals surface area contributed by atoms with Crippen LogP contribution in [0.1, 0.15) is 38.7 Å². The summed E-state index contributed by atoms with van der Waals surface area (Å²) < 4.78 is 5.09. The van der Waals surface area contributed by atoms with E-state index in [2.05, 4.69) is 10.6 Å². The van der Waals surface area contributed by atoms with Gasteiger partial charge in [0.25, 0.3) is 0 Å². The molecular weight excluding hydrogens is 352 g/mol. The first-order chi connectivity index (χ1) is 12.8. The second-order valence-corrected chi connectivity index (χ2v) is 6.57. The lowest BCUT2D eigenvalue weighted by Gasteiger charge is -2.36. The van der Waals surface area contributed by atoms with E-state index in [0.29, 0.717) is 12.1 Å². The van der Waals surface area contributed by atoms with Crippen molar-refractivity contribution in [3.05, 3.63) is 35.9 Å². The lowest BCUT2D eigenvalue weighted by atomic mass is 9.76. The Kier molecular flexibility index (Phi) is 8.74. The smallest absolute Gasteiger partial charge is 0.330 e. The summed E-state index contributed by atoms with van der Waals surface area (Å²) in [5.41, 5.74) is -1.69. The van der Waals surface area contributed by atoms with Crippen molar-refractivity contribution in [3.63, 3.8) is 0 Å². The molecule has 8 nitrogen and oxygen atoms in total. The highest BCUT2D eigenvalue weighted by atomic mass is 16.5. The van der Waals surface area contributed by atoms with Gasteiger partial charge in [-0.1, -0.05) is 44.2 Å². The third kappa shape index (κ3) is 5.96. The summed E-state index contributed by atoms with van der Waals surface area (Å²) in [6, 6.07) is 7.49. The Morgan fingerprint density at radius 1 is 1.19 bits per heavy atom. The van der Waals surface area contributed by atoms with Gasteiger partial charge in [0.05, 0.1) is 6.61 Å². The molecular formula is C19H28N2O6. The number of carbonyl (C=O) groups is 3. The maximum atomic E-state index is 12.7. The maximum Gasteiger partial charge on any atom is 0.330 e. The van der Waals surface area contributed by atoms with Crippen LogP contribution in [0.25, 0.3) is 0 Å². The number of carboxylic acid groups (broad SMARTS) is 1. The molecule has 2 atom stereocenters. The van der Waals surface area contributed by atoms with E-state index in [9.17, 15) is 24.6 Å². The molecule has 4 N–H and O–H groups in total. The second-order valence-electron chi connectivity index (χ2n) is 6.57. The Labute approximate surface area is 158 Å². The largest absolute Gasteiger partial charge is 0.479 e. The van der Waals surface area contributed by atoms with E-state index in [0.717, 1.165) is 0 Å². The third-order valence-electron chi connectivity index (χ3n) is 4.04. The zero-order valence-corrected chi connectivity index (χ0v) is 15.9. The van der Waals surface area contributed by atoms with E-state index in [4.69, 9.17) is 4.74 Å². The SMILES string of the molecule is CCOC(=O)C(c1ccccc1)C(CCO)(NC(=O)NCC(C)C)C(=O)O. The molecule has 8 heteroatoms. The number of rotatable bonds is 10. The second kappa shape index (κ2) is 10.5. The van der Waals surface area contributed by atoms with Crippen LogP contribution in [0, 0.1) is 5.92 Å². The van der Waals surface area contributed by atoms with Gasteiger partial charge in [0, 0.05) is 19.6 Å². The Balaban J connectivity index is 3.39. The van der Waals surface area contributed by atoms with Gasteiger partial charge in [0.15, 0.2) is 5.54 Å². The Morgan fingerprint density at radius 3 is 2.30 bits per heavy atom. The molecule has 0 radical (unpaired) electrons. The third-order valence-corrected chi connectivity index (χ3v) is 4.04. The number of carbonyl (C=O) groups excluding carboxylic acids is 2. The molecule has 0 bridgehead atoms. The zero-order valence-electron chi connectivity index (χ0n) is 15.9. The predicted molar refractivity (Wildman–Crippen MR) is 99.3 cm³/mol. The normalized spacial score (nSPS) is 14.1. The van der Waals surface area contributed by atoms with Crippen molar-refractivity contribution < 1.29 is 29.3 Å². The Bertz CT molecular complexity index is 634. The van der Waals surface area contributed by atoms with Crippen molar-refractivity contribution in [2.45, 2.75) is 38.6 Å². The topological polar surface area (TPSA) is 125 Å². The van der Waals surface area contributed by atoms with Crippen molar-refractivity contribution in [2.24, 2.45) is 5.92 Å². The number of amides is 2. The average molecular weight is 380 g/mol. The number of benzene rings is 1. The predicted octanol–water partition coefficient (Wildman–Crippen LogP) is 1.49. The highest BCUT2D eigenvalue weighted by Gasteiger charge is 2.52. The molecule has 27 heavy (non-hydrogen) atoms. The number of nitrogens with one attached hydrogen (secondary N) is 2. The number of ether oxygens (including phenoxy) is 1. The van der Waals surface area contributed by atoms with Crippen LogP contribution in [0.5, 0.6) is 0 Å². The number of aliphatic hydroxyl groups is 1. The number of esters is 1. The molecule has 0 saturated heterocycles. The van der Waals surface area contributed by atoms with Crippen LogP contribution >= 0.6 is 0 Å². The molecule has 2 unspecified atom stereocenters. The van der Waals surface area contributed by atoms with E-state index in [1.165, 1.54) is 0 Å². The molecule has 0 aliphatic rings. The first-order valence-corrected chi connectivity index (χ1v) is 8.90. The van der Waals surface area contributed by atoms with E-state index in [-0.39, 0.29) is 18.9 Å². The van der Waals surface area contributed by atoms with Crippen LogP contribution in [0.15, 0.2) is 30.3 Å². The molecule has 0 fully saturated rings. The first-order valence-electron chi connectivity index (χ1n) is 8.90. The first kappa shape index (κ1) is 22.4. The maximum absolute atomic E-state index is 12.7. The van der Waals surface area contributed by atoms with Gasteiger partial charge in [-0.15, -0.1) is 0 Å². The van der Waals surface area contributed by atoms with E-state index in [1.54, 1.807) is 37.3 Å². The van der Waals surface area contributed by atoms with E-state index >= 15 is 0 Å². The van der Waals surface area contributed by atoms with Crippen LogP contribution < -0.4 is 10.6 Å². The van der Waals surface area contributed by atoms with Gasteiger partial charge in [0.2, 0.25) is 0 Å². The summed E-state index contributed by atoms with van der Waals surface area (Å²) in [5.74, 6) is -3.39. The summed E-state index contributed by atoms with van der Waals surface area (Å²) >= 11 is 0. The van der Waals surface area contributed by atoms with Gasteiger partial charge in [-0.3, -0.25) is 4.79 Å². The summed E-state index contributed by atoms with van der Waals surface area (Å²) in [6.07, 6.45) is -0.365. The lowest BCUT2D eigenvalue weighted by Crippen LogP contribution is -2.63. The van der Waals surface area contributed by atoms with E-state index in [1.807, 2.05) is 13.8 Å². The average Bonchev–Trinajstić information content (AvgIpc) is 2.61. The standard InChI is InChI=1S/C19H28N2O6/c1-4-27-16(23)15(14-8-6-5-7-9-14)19(10-11-22,17(24)25)21-18(26)20-12-13(2)3/h5-9,13,15,22H,4,10-12H2,1-3H3,(H,24,25)(H2,20,21,26). The molecule has 1 rings (SSSR count). The minimum absolute atomic E-state index is 0.0521. The lowest BCUT2D eigenvalue weighted by molar-refractivity contribution is -0.157. The molecule has 0 aromatic heterocycles. The fourth-order valence-corrected chi connectivity index (χ4v) is 2.78. The van der Waals surface area contributed by atoms with Crippen LogP contribution in [0.2, 0.25) is 0 Å². The van der Waals surface area contributed by atoms with Gasteiger partial charge < -0.3 is 25.6 Å². The van der Waals surface area contributed by atoms with Gasteiger partial charge in [-0.05, 0) is 18.4 Å². The van der Waals surface area contributed by atoms with Gasteiger partial charge in [0.1, 0.15) is 5.92 Å². The highest BCUT2D eigenvalue weighted by Crippen LogP contribution is 2.33. The number of hydrogen-bond acceptors (Lipinski definition) is 5. The minimum atomic E-state index is -2.07. The van der Waals surface area contributed by atoms with Crippen molar-refractivity contribution in [1.29, 1.82) is 0 Å². The fourth-order valence-electron chi connectivity index (χ4n) is 2.78. The Hall–Kier alpha value is -2.61. The molecule has 0 aliphatic carbocycles. The summed E-state index contributed by atoms with van der Waals surface area (Å²) in [7, 11) is 0. The van der Waals surface area contributed by atoms with Crippen molar-refractivity contribution in [1.82, 2.24) is 10.6 Å². The van der Waals surface area contributed by atoms with Crippen LogP contribution in [0.4, 0.5) is 4.79 Å². The van der Waals surface area contributed by atoms with Gasteiger partial charge in [-0.25, -0.2) is 9.59 Å². The monoisotopic (exact) mass is 380 g/mol. The molecule has 0 spiro atoms. The van der Waals surface area contributed by atoms with Crippen LogP contribution in [-0.2, 0) is 14.3 Å². The molecule has 150 valence electrons. The van der Waals surface area contributed by atoms with Crippen molar-refractivity contribution >= 4 is 18.0 Å². The van der Waals surface area contributed by atoms with Crippen molar-refractivity contribution in [3.8, 4) is 0 Å². The van der Waals surface area contributed by atoms with Crippen molar-refractivity contribution in [2.75, 3.05) is 19.8 Å². The zero-order chi connectivity index (χ0) is 20.4. The number of aliphatic carboxylic acids is 1. The molecule has 0 heterocycles. The number of urea groups is 1. The molecule has 1 aromatic rings. The fraction of sp³-hybridized carbons (Fsp3) is 0.526. The molecule has 1 aromatic carbocycles. The summed E-state index contributed by atoms with van der Waals surface area (Å²) in [5, 5.41) is 24.5. The summed E-state index contributed by atoms with van der Waals surface area (Å²) in [6.45, 7) is 5.23. The van der Waals surface area contributed by atoms with Crippen LogP contribution in [-0.4, -0.2) is 53.5 Å².